The van der Waals surface area contributed by atoms with Crippen LogP contribution in [0, 0.1) is 0 Å². The second-order valence-corrected chi connectivity index (χ2v) is 2.01. The Hall–Kier alpha value is -1.78. The molecule has 2 aromatic heterocycles. The van der Waals surface area contributed by atoms with Gasteiger partial charge in [-0.3, -0.25) is 0 Å². The highest BCUT2D eigenvalue weighted by Crippen LogP contribution is 1.67. The van der Waals surface area contributed by atoms with Gasteiger partial charge >= 0.3 is 0 Å². The van der Waals surface area contributed by atoms with Crippen molar-refractivity contribution in [1.29, 1.82) is 0 Å². The average molecular weight is 152 g/mol. The Morgan fingerprint density at radius 1 is 0.909 bits per heavy atom. The molecule has 0 fully saturated rings. The summed E-state index contributed by atoms with van der Waals surface area (Å²) >= 11 is 0. The van der Waals surface area contributed by atoms with Gasteiger partial charge in [0.25, 0.3) is 12.4 Å². The van der Waals surface area contributed by atoms with Crippen LogP contribution in [0.2, 0.25) is 0 Å². The molecule has 0 bridgehead atoms. The molecular weight excluding hydrogens is 144 g/mol. The smallest absolute Gasteiger partial charge is 0.120 e. The van der Waals surface area contributed by atoms with E-state index < -0.39 is 0 Å². The fourth-order valence-corrected chi connectivity index (χ4v) is 0.758. The normalized spacial score (nSPS) is 9.82. The van der Waals surface area contributed by atoms with E-state index in [1.54, 1.807) is 24.8 Å². The minimum atomic E-state index is 1.47. The third kappa shape index (κ3) is 1.21. The van der Waals surface area contributed by atoms with Crippen LogP contribution >= 0.6 is 0 Å². The molecule has 0 unspecified atom stereocenters. The largest absolute Gasteiger partial charge is 0.261 e. The van der Waals surface area contributed by atoms with Crippen LogP contribution in [-0.4, -0.2) is 10.2 Å². The predicted octanol–water partition coefficient (Wildman–Crippen LogP) is -1.19. The fraction of sp³-hybridized carbons (Fsp3) is 0. The average Bonchev–Trinajstić information content (AvgIpc) is 2.60. The van der Waals surface area contributed by atoms with E-state index in [0.29, 0.717) is 0 Å². The van der Waals surface area contributed by atoms with Crippen molar-refractivity contribution in [3.63, 3.8) is 0 Å². The highest BCUT2D eigenvalue weighted by molar-refractivity contribution is 4.67. The molecule has 0 aromatic carbocycles. The minimum absolute atomic E-state index is 1.47. The fourth-order valence-electron chi connectivity index (χ4n) is 0.758. The van der Waals surface area contributed by atoms with Crippen molar-refractivity contribution in [2.45, 2.75) is 0 Å². The Labute approximate surface area is 62.7 Å². The number of nitrogens with zero attached hydrogens (tertiary/aromatic N) is 2. The molecule has 0 radical (unpaired) electrons. The zero-order chi connectivity index (χ0) is 7.52. The van der Waals surface area contributed by atoms with Crippen molar-refractivity contribution in [2.75, 3.05) is 0 Å². The number of hydrogen-bond acceptors (Lipinski definition) is 1. The number of rotatable bonds is 2. The molecule has 0 saturated heterocycles. The molecule has 0 amide bonds. The third-order valence-electron chi connectivity index (χ3n) is 1.21. The molecule has 0 saturated carbocycles. The number of aromatic amines is 2. The molecule has 11 heavy (non-hydrogen) atoms. The summed E-state index contributed by atoms with van der Waals surface area (Å²) in [6.07, 6.45) is 7.05. The van der Waals surface area contributed by atoms with Crippen LogP contribution in [0.5, 0.6) is 0 Å². The Bertz CT molecular complexity index is 267. The van der Waals surface area contributed by atoms with Crippen LogP contribution in [0.1, 0.15) is 0 Å². The van der Waals surface area contributed by atoms with Gasteiger partial charge in [-0.15, -0.1) is 10.2 Å². The molecule has 5 heteroatoms. The van der Waals surface area contributed by atoms with Crippen LogP contribution in [0.4, 0.5) is 0 Å². The second kappa shape index (κ2) is 2.45. The van der Waals surface area contributed by atoms with Crippen molar-refractivity contribution in [3.8, 4) is 0 Å². The van der Waals surface area contributed by atoms with Crippen LogP contribution < -0.4 is 14.6 Å². The number of hydrogen-bond donors (Lipinski definition) is 2. The quantitative estimate of drug-likeness (QED) is 0.522. The van der Waals surface area contributed by atoms with Gasteiger partial charge < -0.3 is 0 Å². The van der Waals surface area contributed by atoms with Gasteiger partial charge in [-0.2, -0.15) is 0 Å². The Kier molecular flexibility index (Phi) is 1.33. The zero-order valence-electron chi connectivity index (χ0n) is 5.77. The van der Waals surface area contributed by atoms with Crippen LogP contribution in [0.15, 0.2) is 36.9 Å². The molecule has 0 aliphatic heterocycles. The third-order valence-corrected chi connectivity index (χ3v) is 1.21. The predicted molar refractivity (Wildman–Crippen MR) is 34.0 cm³/mol. The van der Waals surface area contributed by atoms with E-state index >= 15 is 0 Å². The molecule has 0 atom stereocenters. The molecule has 2 N–H and O–H groups in total. The van der Waals surface area contributed by atoms with E-state index in [-0.39, 0.29) is 0 Å². The van der Waals surface area contributed by atoms with Crippen molar-refractivity contribution < 1.29 is 14.6 Å². The maximum absolute atomic E-state index is 5.18. The Balaban J connectivity index is 2.14. The van der Waals surface area contributed by atoms with E-state index in [2.05, 4.69) is 10.2 Å². The van der Waals surface area contributed by atoms with Crippen molar-refractivity contribution in [3.05, 3.63) is 36.9 Å². The van der Waals surface area contributed by atoms with Gasteiger partial charge in [0.1, 0.15) is 0 Å². The summed E-state index contributed by atoms with van der Waals surface area (Å²) in [4.78, 5) is 8.12. The highest BCUT2D eigenvalue weighted by atomic mass is 16.8. The first-order valence-electron chi connectivity index (χ1n) is 3.24. The van der Waals surface area contributed by atoms with E-state index in [1.165, 1.54) is 9.69 Å². The summed E-state index contributed by atoms with van der Waals surface area (Å²) in [7, 11) is 0. The van der Waals surface area contributed by atoms with Crippen LogP contribution in [0.3, 0.4) is 0 Å². The summed E-state index contributed by atoms with van der Waals surface area (Å²) in [6, 6.07) is 3.67. The lowest BCUT2D eigenvalue weighted by Crippen LogP contribution is -2.61. The van der Waals surface area contributed by atoms with Gasteiger partial charge in [0, 0.05) is 12.1 Å². The van der Waals surface area contributed by atoms with Crippen molar-refractivity contribution in [2.24, 2.45) is 0 Å². The Morgan fingerprint density at radius 2 is 1.45 bits per heavy atom. The monoisotopic (exact) mass is 152 g/mol. The zero-order valence-corrected chi connectivity index (χ0v) is 5.77. The first kappa shape index (κ1) is 5.96. The number of aromatic nitrogens is 4. The molecule has 2 rings (SSSR count). The lowest BCUT2D eigenvalue weighted by Gasteiger charge is -1.77. The number of nitrogens with one attached hydrogen (secondary N) is 2. The van der Waals surface area contributed by atoms with E-state index in [1.807, 2.05) is 12.1 Å². The second-order valence-electron chi connectivity index (χ2n) is 2.01. The highest BCUT2D eigenvalue weighted by Gasteiger charge is 2.09. The van der Waals surface area contributed by atoms with Gasteiger partial charge in [0.05, 0.1) is 17.3 Å². The standard InChI is InChI=1S/C6H6N4O/c1-3-7-9(5-1)11-10-6-2-4-8-10/h1-6H/p+2. The van der Waals surface area contributed by atoms with Crippen molar-refractivity contribution in [1.82, 2.24) is 10.2 Å². The first-order chi connectivity index (χ1) is 5.45. The molecule has 2 heterocycles. The van der Waals surface area contributed by atoms with E-state index in [9.17, 15) is 0 Å². The summed E-state index contributed by atoms with van der Waals surface area (Å²) < 4.78 is 0. The van der Waals surface area contributed by atoms with Gasteiger partial charge in [-0.25, -0.2) is 0 Å². The molecule has 56 valence electrons. The summed E-state index contributed by atoms with van der Waals surface area (Å²) in [6.45, 7) is 0. The number of H-pyrrole nitrogens is 2. The van der Waals surface area contributed by atoms with Gasteiger partial charge in [0.15, 0.2) is 9.69 Å². The van der Waals surface area contributed by atoms with E-state index in [4.69, 9.17) is 4.94 Å². The van der Waals surface area contributed by atoms with Gasteiger partial charge in [-0.1, -0.05) is 0 Å². The summed E-state index contributed by atoms with van der Waals surface area (Å²) in [5.74, 6) is 0. The molecule has 0 aliphatic rings. The lowest BCUT2D eigenvalue weighted by atomic mass is 10.8. The maximum atomic E-state index is 5.18. The van der Waals surface area contributed by atoms with Crippen LogP contribution in [0.25, 0.3) is 0 Å². The molecular formula is C6H8N4O+2. The lowest BCUT2D eigenvalue weighted by molar-refractivity contribution is -1.19. The van der Waals surface area contributed by atoms with E-state index in [0.717, 1.165) is 0 Å². The first-order valence-corrected chi connectivity index (χ1v) is 3.24. The summed E-state index contributed by atoms with van der Waals surface area (Å²) in [5.41, 5.74) is 0. The van der Waals surface area contributed by atoms with Crippen LogP contribution in [-0.2, 0) is 0 Å². The minimum Gasteiger partial charge on any atom is -0.120 e. The molecule has 2 aromatic rings. The molecule has 0 aliphatic carbocycles. The van der Waals surface area contributed by atoms with Gasteiger partial charge in [-0.05, 0) is 0 Å². The molecule has 0 spiro atoms. The molecule has 5 nitrogen and oxygen atoms in total. The topological polar surface area (TPSA) is 48.6 Å². The summed E-state index contributed by atoms with van der Waals surface area (Å²) in [5, 5.41) is 5.66. The van der Waals surface area contributed by atoms with Gasteiger partial charge in [0.2, 0.25) is 0 Å². The SMILES string of the molecule is c1c[nH][n+](O[n+]2ccc[nH]2)c1. The Morgan fingerprint density at radius 3 is 1.82 bits per heavy atom. The van der Waals surface area contributed by atoms with Crippen molar-refractivity contribution >= 4 is 0 Å². The maximum Gasteiger partial charge on any atom is 0.261 e.